The normalized spacial score (nSPS) is 10.8. The zero-order valence-electron chi connectivity index (χ0n) is 14.6. The van der Waals surface area contributed by atoms with Gasteiger partial charge in [0, 0.05) is 22.8 Å². The van der Waals surface area contributed by atoms with Gasteiger partial charge < -0.3 is 4.74 Å². The largest absolute Gasteiger partial charge is 0.497 e. The summed E-state index contributed by atoms with van der Waals surface area (Å²) in [4.78, 5) is 0. The highest BCUT2D eigenvalue weighted by Crippen LogP contribution is 2.29. The molecule has 0 N–H and O–H groups in total. The number of methoxy groups -OCH3 is 1. The van der Waals surface area contributed by atoms with Crippen molar-refractivity contribution < 1.29 is 4.74 Å². The quantitative estimate of drug-likeness (QED) is 0.444. The first-order chi connectivity index (χ1) is 12.2. The van der Waals surface area contributed by atoms with Crippen LogP contribution in [0.2, 0.25) is 0 Å². The van der Waals surface area contributed by atoms with Crippen LogP contribution in [0.15, 0.2) is 53.7 Å². The van der Waals surface area contributed by atoms with E-state index >= 15 is 0 Å². The lowest BCUT2D eigenvalue weighted by Crippen LogP contribution is -2.00. The van der Waals surface area contributed by atoms with E-state index in [1.807, 2.05) is 36.0 Å². The third-order valence-corrected chi connectivity index (χ3v) is 5.59. The van der Waals surface area contributed by atoms with E-state index in [1.54, 1.807) is 18.9 Å². The van der Waals surface area contributed by atoms with E-state index in [2.05, 4.69) is 52.2 Å². The van der Waals surface area contributed by atoms with Gasteiger partial charge in [0.15, 0.2) is 11.0 Å². The zero-order chi connectivity index (χ0) is 17.6. The van der Waals surface area contributed by atoms with Gasteiger partial charge in [-0.25, -0.2) is 0 Å². The first kappa shape index (κ1) is 17.9. The number of nitrogens with zero attached hydrogens (tertiary/aromatic N) is 3. The molecule has 0 spiro atoms. The van der Waals surface area contributed by atoms with E-state index in [0.717, 1.165) is 39.5 Å². The Morgan fingerprint density at radius 2 is 1.68 bits per heavy atom. The summed E-state index contributed by atoms with van der Waals surface area (Å²) in [6.45, 7) is 2.09. The molecule has 3 rings (SSSR count). The number of hydrogen-bond donors (Lipinski definition) is 0. The minimum Gasteiger partial charge on any atom is -0.497 e. The van der Waals surface area contributed by atoms with Gasteiger partial charge in [-0.3, -0.25) is 4.57 Å². The molecule has 1 aromatic heterocycles. The molecule has 2 aromatic carbocycles. The zero-order valence-corrected chi connectivity index (χ0v) is 16.2. The average Bonchev–Trinajstić information content (AvgIpc) is 3.06. The van der Waals surface area contributed by atoms with Crippen LogP contribution < -0.4 is 4.74 Å². The number of ether oxygens (including phenoxy) is 1. The Morgan fingerprint density at radius 3 is 2.32 bits per heavy atom. The third-order valence-electron chi connectivity index (χ3n) is 3.79. The van der Waals surface area contributed by atoms with Crippen LogP contribution in [-0.2, 0) is 0 Å². The standard InChI is InChI=1S/C19H21N3OS2/c1-14-4-8-16(9-5-14)22-18(15-6-10-17(23-2)11-7-15)20-21-19(22)25-13-12-24-3/h4-11H,12-13H2,1-3H3. The molecule has 0 aliphatic heterocycles. The molecule has 1 heterocycles. The predicted octanol–water partition coefficient (Wildman–Crippen LogP) is 4.71. The van der Waals surface area contributed by atoms with Crippen LogP contribution in [0.3, 0.4) is 0 Å². The van der Waals surface area contributed by atoms with Crippen molar-refractivity contribution in [1.29, 1.82) is 0 Å². The summed E-state index contributed by atoms with van der Waals surface area (Å²) >= 11 is 3.58. The SMILES string of the molecule is COc1ccc(-c2nnc(SCCSC)n2-c2ccc(C)cc2)cc1. The molecule has 4 nitrogen and oxygen atoms in total. The van der Waals surface area contributed by atoms with Crippen molar-refractivity contribution in [1.82, 2.24) is 14.8 Å². The van der Waals surface area contributed by atoms with E-state index in [9.17, 15) is 0 Å². The summed E-state index contributed by atoms with van der Waals surface area (Å²) in [6, 6.07) is 16.4. The molecule has 3 aromatic rings. The van der Waals surface area contributed by atoms with E-state index < -0.39 is 0 Å². The highest BCUT2D eigenvalue weighted by molar-refractivity contribution is 8.02. The average molecular weight is 372 g/mol. The number of aromatic nitrogens is 3. The fourth-order valence-corrected chi connectivity index (χ4v) is 4.04. The molecule has 0 radical (unpaired) electrons. The second-order valence-electron chi connectivity index (χ2n) is 5.55. The Kier molecular flexibility index (Phi) is 6.04. The first-order valence-electron chi connectivity index (χ1n) is 8.01. The summed E-state index contributed by atoms with van der Waals surface area (Å²) in [7, 11) is 1.67. The van der Waals surface area contributed by atoms with Gasteiger partial charge in [0.2, 0.25) is 0 Å². The Morgan fingerprint density at radius 1 is 0.960 bits per heavy atom. The molecule has 0 bridgehead atoms. The Bertz CT molecular complexity index is 814. The van der Waals surface area contributed by atoms with Crippen molar-refractivity contribution in [2.24, 2.45) is 0 Å². The van der Waals surface area contributed by atoms with Crippen LogP contribution in [0.4, 0.5) is 0 Å². The number of rotatable bonds is 7. The van der Waals surface area contributed by atoms with Crippen LogP contribution in [0, 0.1) is 6.92 Å². The highest BCUT2D eigenvalue weighted by atomic mass is 32.2. The number of hydrogen-bond acceptors (Lipinski definition) is 5. The maximum Gasteiger partial charge on any atom is 0.196 e. The van der Waals surface area contributed by atoms with E-state index in [0.29, 0.717) is 0 Å². The second kappa shape index (κ2) is 8.45. The van der Waals surface area contributed by atoms with Crippen LogP contribution in [0.25, 0.3) is 17.1 Å². The lowest BCUT2D eigenvalue weighted by atomic mass is 10.2. The Balaban J connectivity index is 2.03. The fourth-order valence-electron chi connectivity index (χ4n) is 2.43. The van der Waals surface area contributed by atoms with Gasteiger partial charge in [0.1, 0.15) is 5.75 Å². The number of benzene rings is 2. The van der Waals surface area contributed by atoms with Crippen molar-refractivity contribution >= 4 is 23.5 Å². The lowest BCUT2D eigenvalue weighted by Gasteiger charge is -2.11. The summed E-state index contributed by atoms with van der Waals surface area (Å²) in [5.74, 6) is 3.77. The molecule has 25 heavy (non-hydrogen) atoms. The fraction of sp³-hybridized carbons (Fsp3) is 0.263. The smallest absolute Gasteiger partial charge is 0.196 e. The highest BCUT2D eigenvalue weighted by Gasteiger charge is 2.16. The summed E-state index contributed by atoms with van der Waals surface area (Å²) in [5.41, 5.74) is 3.33. The predicted molar refractivity (Wildman–Crippen MR) is 107 cm³/mol. The molecule has 0 aliphatic carbocycles. The van der Waals surface area contributed by atoms with Crippen molar-refractivity contribution in [2.75, 3.05) is 24.9 Å². The molecule has 0 saturated carbocycles. The molecular formula is C19H21N3OS2. The van der Waals surface area contributed by atoms with E-state index in [4.69, 9.17) is 4.74 Å². The summed E-state index contributed by atoms with van der Waals surface area (Å²) in [5, 5.41) is 9.83. The van der Waals surface area contributed by atoms with Crippen LogP contribution >= 0.6 is 23.5 Å². The Labute approximate surface area is 157 Å². The molecule has 0 fully saturated rings. The molecular weight excluding hydrogens is 350 g/mol. The topological polar surface area (TPSA) is 39.9 Å². The van der Waals surface area contributed by atoms with Crippen LogP contribution in [-0.4, -0.2) is 39.6 Å². The molecule has 0 saturated heterocycles. The van der Waals surface area contributed by atoms with Gasteiger partial charge in [-0.1, -0.05) is 29.5 Å². The summed E-state index contributed by atoms with van der Waals surface area (Å²) < 4.78 is 7.39. The first-order valence-corrected chi connectivity index (χ1v) is 10.4. The Hall–Kier alpha value is -1.92. The van der Waals surface area contributed by atoms with Crippen LogP contribution in [0.1, 0.15) is 5.56 Å². The summed E-state index contributed by atoms with van der Waals surface area (Å²) in [6.07, 6.45) is 2.12. The monoisotopic (exact) mass is 371 g/mol. The molecule has 0 atom stereocenters. The van der Waals surface area contributed by atoms with Gasteiger partial charge in [0.25, 0.3) is 0 Å². The van der Waals surface area contributed by atoms with Gasteiger partial charge in [-0.2, -0.15) is 11.8 Å². The lowest BCUT2D eigenvalue weighted by molar-refractivity contribution is 0.415. The second-order valence-corrected chi connectivity index (χ2v) is 7.59. The minimum atomic E-state index is 0.833. The maximum atomic E-state index is 5.25. The van der Waals surface area contributed by atoms with Crippen molar-refractivity contribution in [2.45, 2.75) is 12.1 Å². The van der Waals surface area contributed by atoms with Crippen molar-refractivity contribution in [3.05, 3.63) is 54.1 Å². The van der Waals surface area contributed by atoms with Crippen molar-refractivity contribution in [3.63, 3.8) is 0 Å². The number of thioether (sulfide) groups is 2. The molecule has 0 unspecified atom stereocenters. The molecule has 0 aliphatic rings. The number of aryl methyl sites for hydroxylation is 1. The van der Waals surface area contributed by atoms with Gasteiger partial charge in [0.05, 0.1) is 7.11 Å². The minimum absolute atomic E-state index is 0.833. The maximum absolute atomic E-state index is 5.25. The molecule has 130 valence electrons. The molecule has 6 heteroatoms. The third kappa shape index (κ3) is 4.19. The van der Waals surface area contributed by atoms with Crippen LogP contribution in [0.5, 0.6) is 5.75 Å². The van der Waals surface area contributed by atoms with Gasteiger partial charge >= 0.3 is 0 Å². The van der Waals surface area contributed by atoms with E-state index in [1.165, 1.54) is 5.56 Å². The van der Waals surface area contributed by atoms with Gasteiger partial charge in [-0.15, -0.1) is 10.2 Å². The van der Waals surface area contributed by atoms with Crippen molar-refractivity contribution in [3.8, 4) is 22.8 Å². The van der Waals surface area contributed by atoms with E-state index in [-0.39, 0.29) is 0 Å². The molecule has 0 amide bonds. The van der Waals surface area contributed by atoms with Gasteiger partial charge in [-0.05, 0) is 49.6 Å².